The van der Waals surface area contributed by atoms with Gasteiger partial charge in [-0.1, -0.05) is 22.6 Å². The molecule has 0 N–H and O–H groups in total. The van der Waals surface area contributed by atoms with E-state index < -0.39 is 0 Å². The third kappa shape index (κ3) is 2.26. The highest BCUT2D eigenvalue weighted by atomic mass is 127. The molecule has 16 heavy (non-hydrogen) atoms. The summed E-state index contributed by atoms with van der Waals surface area (Å²) in [5.41, 5.74) is 0. The van der Waals surface area contributed by atoms with Crippen LogP contribution in [0.1, 0.15) is 6.42 Å². The van der Waals surface area contributed by atoms with Gasteiger partial charge in [0.05, 0.1) is 0 Å². The maximum absolute atomic E-state index is 11.6. The van der Waals surface area contributed by atoms with Crippen molar-refractivity contribution in [2.75, 3.05) is 19.6 Å². The predicted molar refractivity (Wildman–Crippen MR) is 64.9 cm³/mol. The van der Waals surface area contributed by atoms with Crippen LogP contribution in [0.3, 0.4) is 0 Å². The average molecular weight is 334 g/mol. The number of nitrogens with zero attached hydrogens (tertiary/aromatic N) is 2. The van der Waals surface area contributed by atoms with Crippen LogP contribution in [0.15, 0.2) is 12.2 Å². The van der Waals surface area contributed by atoms with E-state index in [4.69, 9.17) is 0 Å². The average Bonchev–Trinajstić information content (AvgIpc) is 2.51. The van der Waals surface area contributed by atoms with Crippen LogP contribution in [0.2, 0.25) is 0 Å². The van der Waals surface area contributed by atoms with Gasteiger partial charge in [-0.25, -0.2) is 0 Å². The number of halogens is 1. The summed E-state index contributed by atoms with van der Waals surface area (Å²) in [4.78, 5) is 36.8. The van der Waals surface area contributed by atoms with E-state index in [1.165, 1.54) is 12.2 Å². The minimum absolute atomic E-state index is 0.0143. The van der Waals surface area contributed by atoms with E-state index in [2.05, 4.69) is 22.6 Å². The number of alkyl halides is 1. The standard InChI is InChI=1S/C10H11IN2O3/c11-7-5-12(6-7)8(14)3-4-13-9(15)1-2-10(13)16/h1-2,7H,3-6H2. The van der Waals surface area contributed by atoms with E-state index >= 15 is 0 Å². The summed E-state index contributed by atoms with van der Waals surface area (Å²) in [6.07, 6.45) is 2.69. The van der Waals surface area contributed by atoms with Crippen LogP contribution in [0.25, 0.3) is 0 Å². The maximum atomic E-state index is 11.6. The Morgan fingerprint density at radius 3 is 2.38 bits per heavy atom. The molecule has 0 radical (unpaired) electrons. The molecule has 2 rings (SSSR count). The van der Waals surface area contributed by atoms with Crippen molar-refractivity contribution >= 4 is 40.3 Å². The van der Waals surface area contributed by atoms with Crippen molar-refractivity contribution in [1.82, 2.24) is 9.80 Å². The predicted octanol–water partition coefficient (Wildman–Crippen LogP) is -0.0527. The van der Waals surface area contributed by atoms with Gasteiger partial charge >= 0.3 is 0 Å². The Hall–Kier alpha value is -0.920. The van der Waals surface area contributed by atoms with Crippen LogP contribution >= 0.6 is 22.6 Å². The number of hydrogen-bond acceptors (Lipinski definition) is 3. The molecule has 2 aliphatic heterocycles. The molecule has 2 aliphatic rings. The van der Waals surface area contributed by atoms with E-state index in [1.807, 2.05) is 0 Å². The lowest BCUT2D eigenvalue weighted by Gasteiger charge is -2.36. The summed E-state index contributed by atoms with van der Waals surface area (Å²) in [5.74, 6) is -0.637. The van der Waals surface area contributed by atoms with Crippen molar-refractivity contribution in [3.05, 3.63) is 12.2 Å². The second-order valence-corrected chi connectivity index (χ2v) is 5.57. The first kappa shape index (κ1) is 11.6. The molecule has 5 nitrogen and oxygen atoms in total. The van der Waals surface area contributed by atoms with Crippen LogP contribution in [-0.4, -0.2) is 51.1 Å². The number of imide groups is 1. The third-order valence-corrected chi connectivity index (χ3v) is 3.43. The zero-order chi connectivity index (χ0) is 11.7. The van der Waals surface area contributed by atoms with Gasteiger partial charge in [0.25, 0.3) is 11.8 Å². The van der Waals surface area contributed by atoms with Crippen molar-refractivity contribution in [3.63, 3.8) is 0 Å². The summed E-state index contributed by atoms with van der Waals surface area (Å²) in [6.45, 7) is 1.74. The molecular formula is C10H11IN2O3. The molecule has 0 spiro atoms. The Bertz CT molecular complexity index is 356. The molecular weight excluding hydrogens is 323 g/mol. The number of carbonyl (C=O) groups is 3. The molecule has 0 saturated carbocycles. The molecule has 0 unspecified atom stereocenters. The second kappa shape index (κ2) is 4.52. The molecule has 2 heterocycles. The lowest BCUT2D eigenvalue weighted by molar-refractivity contribution is -0.138. The molecule has 0 aromatic rings. The Kier molecular flexibility index (Phi) is 3.27. The molecule has 1 fully saturated rings. The van der Waals surface area contributed by atoms with E-state index in [9.17, 15) is 14.4 Å². The van der Waals surface area contributed by atoms with Crippen LogP contribution in [0, 0.1) is 0 Å². The number of likely N-dealkylation sites (tertiary alicyclic amines) is 1. The lowest BCUT2D eigenvalue weighted by atomic mass is 10.2. The van der Waals surface area contributed by atoms with Crippen molar-refractivity contribution in [3.8, 4) is 0 Å². The van der Waals surface area contributed by atoms with Crippen molar-refractivity contribution < 1.29 is 14.4 Å². The Morgan fingerprint density at radius 1 is 1.31 bits per heavy atom. The summed E-state index contributed by atoms with van der Waals surface area (Å²) in [5, 5.41) is 0. The van der Waals surface area contributed by atoms with Gasteiger partial charge in [-0.05, 0) is 0 Å². The van der Waals surface area contributed by atoms with Crippen molar-refractivity contribution in [2.24, 2.45) is 0 Å². The van der Waals surface area contributed by atoms with Gasteiger partial charge in [0.2, 0.25) is 5.91 Å². The fourth-order valence-corrected chi connectivity index (χ4v) is 2.60. The Balaban J connectivity index is 1.77. The third-order valence-electron chi connectivity index (χ3n) is 2.64. The maximum Gasteiger partial charge on any atom is 0.253 e. The van der Waals surface area contributed by atoms with Crippen molar-refractivity contribution in [2.45, 2.75) is 10.3 Å². The van der Waals surface area contributed by atoms with E-state index in [0.717, 1.165) is 18.0 Å². The van der Waals surface area contributed by atoms with Gasteiger partial charge in [0.1, 0.15) is 0 Å². The van der Waals surface area contributed by atoms with Gasteiger partial charge in [0.15, 0.2) is 0 Å². The minimum atomic E-state index is -0.326. The Labute approximate surface area is 107 Å². The van der Waals surface area contributed by atoms with Gasteiger partial charge in [0, 0.05) is 42.1 Å². The lowest BCUT2D eigenvalue weighted by Crippen LogP contribution is -2.51. The number of hydrogen-bond donors (Lipinski definition) is 0. The molecule has 0 atom stereocenters. The summed E-state index contributed by atoms with van der Waals surface area (Å²) < 4.78 is 0.540. The van der Waals surface area contributed by atoms with Crippen LogP contribution < -0.4 is 0 Å². The van der Waals surface area contributed by atoms with E-state index in [0.29, 0.717) is 3.92 Å². The van der Waals surface area contributed by atoms with Crippen molar-refractivity contribution in [1.29, 1.82) is 0 Å². The molecule has 6 heteroatoms. The molecule has 86 valence electrons. The highest BCUT2D eigenvalue weighted by Gasteiger charge is 2.30. The first-order valence-corrected chi connectivity index (χ1v) is 6.28. The van der Waals surface area contributed by atoms with Gasteiger partial charge < -0.3 is 4.90 Å². The SMILES string of the molecule is O=C(CCN1C(=O)C=CC1=O)N1CC(I)C1. The highest BCUT2D eigenvalue weighted by Crippen LogP contribution is 2.17. The zero-order valence-corrected chi connectivity index (χ0v) is 10.7. The number of carbonyl (C=O) groups excluding carboxylic acids is 3. The first-order valence-electron chi connectivity index (χ1n) is 5.03. The second-order valence-electron chi connectivity index (χ2n) is 3.81. The monoisotopic (exact) mass is 334 g/mol. The smallest absolute Gasteiger partial charge is 0.253 e. The Morgan fingerprint density at radius 2 is 1.88 bits per heavy atom. The highest BCUT2D eigenvalue weighted by molar-refractivity contribution is 14.1. The minimum Gasteiger partial charge on any atom is -0.340 e. The van der Waals surface area contributed by atoms with Crippen LogP contribution in [0.5, 0.6) is 0 Å². The van der Waals surface area contributed by atoms with E-state index in [1.54, 1.807) is 4.90 Å². The first-order chi connectivity index (χ1) is 7.58. The molecule has 0 aromatic heterocycles. The van der Waals surface area contributed by atoms with Gasteiger partial charge in [-0.15, -0.1) is 0 Å². The quantitative estimate of drug-likeness (QED) is 0.413. The largest absolute Gasteiger partial charge is 0.340 e. The van der Waals surface area contributed by atoms with Crippen LogP contribution in [0.4, 0.5) is 0 Å². The van der Waals surface area contributed by atoms with Crippen LogP contribution in [-0.2, 0) is 14.4 Å². The summed E-state index contributed by atoms with van der Waals surface area (Å²) in [6, 6.07) is 0. The fraction of sp³-hybridized carbons (Fsp3) is 0.500. The topological polar surface area (TPSA) is 57.7 Å². The summed E-state index contributed by atoms with van der Waals surface area (Å²) in [7, 11) is 0. The van der Waals surface area contributed by atoms with Gasteiger partial charge in [-0.3, -0.25) is 19.3 Å². The number of rotatable bonds is 3. The van der Waals surface area contributed by atoms with Gasteiger partial charge in [-0.2, -0.15) is 0 Å². The number of amides is 3. The summed E-state index contributed by atoms with van der Waals surface area (Å²) >= 11 is 2.29. The fourth-order valence-electron chi connectivity index (χ4n) is 1.65. The molecule has 3 amide bonds. The molecule has 0 aromatic carbocycles. The molecule has 0 bridgehead atoms. The molecule has 1 saturated heterocycles. The van der Waals surface area contributed by atoms with E-state index in [-0.39, 0.29) is 30.7 Å². The normalized spacial score (nSPS) is 20.6. The zero-order valence-electron chi connectivity index (χ0n) is 8.56. The molecule has 0 aliphatic carbocycles.